The van der Waals surface area contributed by atoms with Gasteiger partial charge in [-0.05, 0) is 39.7 Å². The Labute approximate surface area is 128 Å². The van der Waals surface area contributed by atoms with E-state index in [4.69, 9.17) is 0 Å². The van der Waals surface area contributed by atoms with Crippen molar-refractivity contribution in [3.8, 4) is 0 Å². The summed E-state index contributed by atoms with van der Waals surface area (Å²) >= 11 is 0. The Morgan fingerprint density at radius 1 is 1.05 bits per heavy atom. The zero-order chi connectivity index (χ0) is 15.2. The van der Waals surface area contributed by atoms with Gasteiger partial charge < -0.3 is 10.6 Å². The van der Waals surface area contributed by atoms with Crippen LogP contribution in [-0.2, 0) is 0 Å². The maximum absolute atomic E-state index is 4.54. The predicted octanol–water partition coefficient (Wildman–Crippen LogP) is 2.81. The first-order valence-corrected chi connectivity index (χ1v) is 8.22. The molecule has 2 rings (SSSR count). The van der Waals surface area contributed by atoms with Gasteiger partial charge in [-0.2, -0.15) is 0 Å². The highest BCUT2D eigenvalue weighted by atomic mass is 15.2. The molecule has 21 heavy (non-hydrogen) atoms. The molecule has 0 aromatic carbocycles. The minimum absolute atomic E-state index is 0.816. The van der Waals surface area contributed by atoms with E-state index in [0.29, 0.717) is 0 Å². The molecule has 1 saturated carbocycles. The fourth-order valence-electron chi connectivity index (χ4n) is 2.57. The van der Waals surface area contributed by atoms with Crippen LogP contribution in [0, 0.1) is 13.8 Å². The van der Waals surface area contributed by atoms with Crippen LogP contribution in [0.15, 0.2) is 0 Å². The van der Waals surface area contributed by atoms with E-state index in [0.717, 1.165) is 61.7 Å². The second-order valence-electron chi connectivity index (χ2n) is 5.81. The first-order valence-electron chi connectivity index (χ1n) is 8.22. The van der Waals surface area contributed by atoms with E-state index in [1.807, 2.05) is 6.92 Å². The average Bonchev–Trinajstić information content (AvgIpc) is 3.29. The second kappa shape index (κ2) is 7.59. The minimum Gasteiger partial charge on any atom is -0.370 e. The molecule has 0 spiro atoms. The summed E-state index contributed by atoms with van der Waals surface area (Å²) in [6.45, 7) is 12.5. The standard InChI is InChI=1S/C16H29N5/c1-5-9-17-15-12(3)16(20-13(4)19-15)18-10-11-21(6-2)14-7-8-14/h14H,5-11H2,1-4H3,(H2,17,18,19,20). The topological polar surface area (TPSA) is 53.1 Å². The van der Waals surface area contributed by atoms with E-state index >= 15 is 0 Å². The summed E-state index contributed by atoms with van der Waals surface area (Å²) in [5, 5.41) is 6.87. The number of aryl methyl sites for hydroxylation is 1. The third-order valence-corrected chi connectivity index (χ3v) is 3.96. The highest BCUT2D eigenvalue weighted by Gasteiger charge is 2.27. The molecule has 1 aliphatic rings. The molecule has 118 valence electrons. The summed E-state index contributed by atoms with van der Waals surface area (Å²) in [6.07, 6.45) is 3.83. The lowest BCUT2D eigenvalue weighted by atomic mass is 10.3. The van der Waals surface area contributed by atoms with Crippen LogP contribution in [0.3, 0.4) is 0 Å². The van der Waals surface area contributed by atoms with Crippen LogP contribution in [0.5, 0.6) is 0 Å². The Bertz CT molecular complexity index is 456. The van der Waals surface area contributed by atoms with Crippen LogP contribution >= 0.6 is 0 Å². The lowest BCUT2D eigenvalue weighted by molar-refractivity contribution is 0.289. The Balaban J connectivity index is 1.93. The van der Waals surface area contributed by atoms with Crippen molar-refractivity contribution in [1.82, 2.24) is 14.9 Å². The molecule has 5 nitrogen and oxygen atoms in total. The number of likely N-dealkylation sites (N-methyl/N-ethyl adjacent to an activating group) is 1. The molecule has 1 fully saturated rings. The van der Waals surface area contributed by atoms with Crippen molar-refractivity contribution in [2.24, 2.45) is 0 Å². The van der Waals surface area contributed by atoms with E-state index in [1.165, 1.54) is 12.8 Å². The van der Waals surface area contributed by atoms with Gasteiger partial charge in [-0.15, -0.1) is 0 Å². The van der Waals surface area contributed by atoms with Gasteiger partial charge in [-0.25, -0.2) is 9.97 Å². The predicted molar refractivity (Wildman–Crippen MR) is 89.0 cm³/mol. The molecule has 0 aliphatic heterocycles. The molecule has 1 aromatic rings. The minimum atomic E-state index is 0.816. The molecular formula is C16H29N5. The van der Waals surface area contributed by atoms with Gasteiger partial charge in [0.25, 0.3) is 0 Å². The number of rotatable bonds is 9. The summed E-state index contributed by atoms with van der Waals surface area (Å²) in [5.74, 6) is 2.74. The number of nitrogens with zero attached hydrogens (tertiary/aromatic N) is 3. The van der Waals surface area contributed by atoms with E-state index < -0.39 is 0 Å². The monoisotopic (exact) mass is 291 g/mol. The van der Waals surface area contributed by atoms with E-state index in [9.17, 15) is 0 Å². The number of anilines is 2. The quantitative estimate of drug-likeness (QED) is 0.733. The largest absolute Gasteiger partial charge is 0.370 e. The highest BCUT2D eigenvalue weighted by molar-refractivity contribution is 5.57. The lowest BCUT2D eigenvalue weighted by Crippen LogP contribution is -2.31. The molecule has 2 N–H and O–H groups in total. The number of hydrogen-bond donors (Lipinski definition) is 2. The van der Waals surface area contributed by atoms with Crippen molar-refractivity contribution in [2.75, 3.05) is 36.8 Å². The Hall–Kier alpha value is -1.36. The molecule has 1 heterocycles. The fraction of sp³-hybridized carbons (Fsp3) is 0.750. The van der Waals surface area contributed by atoms with E-state index in [-0.39, 0.29) is 0 Å². The average molecular weight is 291 g/mol. The van der Waals surface area contributed by atoms with Crippen molar-refractivity contribution in [1.29, 1.82) is 0 Å². The van der Waals surface area contributed by atoms with Gasteiger partial charge in [0.05, 0.1) is 0 Å². The number of hydrogen-bond acceptors (Lipinski definition) is 5. The first kappa shape index (κ1) is 16.0. The van der Waals surface area contributed by atoms with Crippen molar-refractivity contribution < 1.29 is 0 Å². The highest BCUT2D eigenvalue weighted by Crippen LogP contribution is 2.26. The number of aromatic nitrogens is 2. The first-order chi connectivity index (χ1) is 10.2. The summed E-state index contributed by atoms with van der Waals surface area (Å²) in [4.78, 5) is 11.6. The zero-order valence-corrected chi connectivity index (χ0v) is 13.9. The van der Waals surface area contributed by atoms with Crippen LogP contribution in [0.2, 0.25) is 0 Å². The molecule has 0 unspecified atom stereocenters. The van der Waals surface area contributed by atoms with Crippen LogP contribution < -0.4 is 10.6 Å². The summed E-state index contributed by atoms with van der Waals surface area (Å²) in [6, 6.07) is 0.826. The Morgan fingerprint density at radius 2 is 1.67 bits per heavy atom. The summed E-state index contributed by atoms with van der Waals surface area (Å²) in [7, 11) is 0. The number of nitrogens with one attached hydrogen (secondary N) is 2. The van der Waals surface area contributed by atoms with Gasteiger partial charge in [0.2, 0.25) is 0 Å². The molecular weight excluding hydrogens is 262 g/mol. The SMILES string of the molecule is CCCNc1nc(C)nc(NCCN(CC)C2CC2)c1C. The third-order valence-electron chi connectivity index (χ3n) is 3.96. The van der Waals surface area contributed by atoms with Gasteiger partial charge >= 0.3 is 0 Å². The van der Waals surface area contributed by atoms with Crippen molar-refractivity contribution >= 4 is 11.6 Å². The summed E-state index contributed by atoms with van der Waals surface area (Å²) in [5.41, 5.74) is 1.11. The van der Waals surface area contributed by atoms with Gasteiger partial charge in [0.1, 0.15) is 17.5 Å². The lowest BCUT2D eigenvalue weighted by Gasteiger charge is -2.20. The maximum Gasteiger partial charge on any atom is 0.134 e. The molecule has 0 saturated heterocycles. The maximum atomic E-state index is 4.54. The third kappa shape index (κ3) is 4.56. The Kier molecular flexibility index (Phi) is 5.79. The van der Waals surface area contributed by atoms with Crippen LogP contribution in [-0.4, -0.2) is 47.1 Å². The molecule has 0 bridgehead atoms. The zero-order valence-electron chi connectivity index (χ0n) is 13.9. The molecule has 0 atom stereocenters. The molecule has 5 heteroatoms. The van der Waals surface area contributed by atoms with E-state index in [1.54, 1.807) is 0 Å². The van der Waals surface area contributed by atoms with Crippen LogP contribution in [0.4, 0.5) is 11.6 Å². The van der Waals surface area contributed by atoms with Crippen LogP contribution in [0.25, 0.3) is 0 Å². The molecule has 0 radical (unpaired) electrons. The Morgan fingerprint density at radius 3 is 2.19 bits per heavy atom. The second-order valence-corrected chi connectivity index (χ2v) is 5.81. The molecule has 1 aliphatic carbocycles. The normalized spacial score (nSPS) is 14.5. The smallest absolute Gasteiger partial charge is 0.134 e. The van der Waals surface area contributed by atoms with Crippen molar-refractivity contribution in [2.45, 2.75) is 53.0 Å². The molecule has 0 amide bonds. The van der Waals surface area contributed by atoms with E-state index in [2.05, 4.69) is 46.3 Å². The van der Waals surface area contributed by atoms with Crippen molar-refractivity contribution in [3.05, 3.63) is 11.4 Å². The van der Waals surface area contributed by atoms with Gasteiger partial charge in [0, 0.05) is 31.2 Å². The summed E-state index contributed by atoms with van der Waals surface area (Å²) < 4.78 is 0. The van der Waals surface area contributed by atoms with Gasteiger partial charge in [-0.1, -0.05) is 13.8 Å². The fourth-order valence-corrected chi connectivity index (χ4v) is 2.57. The van der Waals surface area contributed by atoms with Crippen molar-refractivity contribution in [3.63, 3.8) is 0 Å². The van der Waals surface area contributed by atoms with Gasteiger partial charge in [-0.3, -0.25) is 4.90 Å². The van der Waals surface area contributed by atoms with Crippen LogP contribution in [0.1, 0.15) is 44.5 Å². The van der Waals surface area contributed by atoms with Gasteiger partial charge in [0.15, 0.2) is 0 Å². The molecule has 1 aromatic heterocycles.